The highest BCUT2D eigenvalue weighted by Gasteiger charge is 2.21. The molecule has 0 N–H and O–H groups in total. The van der Waals surface area contributed by atoms with Crippen molar-refractivity contribution in [3.63, 3.8) is 0 Å². The van der Waals surface area contributed by atoms with E-state index in [9.17, 15) is 0 Å². The molecule has 134 valence electrons. The predicted molar refractivity (Wildman–Crippen MR) is 101 cm³/mol. The second kappa shape index (κ2) is 6.60. The average molecular weight is 359 g/mol. The highest BCUT2D eigenvalue weighted by Crippen LogP contribution is 2.23. The van der Waals surface area contributed by atoms with Crippen LogP contribution in [0.15, 0.2) is 55.5 Å². The van der Waals surface area contributed by atoms with E-state index in [2.05, 4.69) is 39.8 Å². The van der Waals surface area contributed by atoms with Gasteiger partial charge in [0.05, 0.1) is 5.39 Å². The summed E-state index contributed by atoms with van der Waals surface area (Å²) in [7, 11) is 0. The van der Waals surface area contributed by atoms with Gasteiger partial charge in [0.2, 0.25) is 0 Å². The summed E-state index contributed by atoms with van der Waals surface area (Å²) in [6.45, 7) is 3.40. The maximum atomic E-state index is 4.50. The Bertz CT molecular complexity index is 1050. The van der Waals surface area contributed by atoms with Gasteiger partial charge in [0.15, 0.2) is 11.5 Å². The van der Waals surface area contributed by atoms with E-state index in [4.69, 9.17) is 0 Å². The fourth-order valence-electron chi connectivity index (χ4n) is 3.32. The quantitative estimate of drug-likeness (QED) is 0.541. The minimum Gasteiger partial charge on any atom is -0.353 e. The van der Waals surface area contributed by atoms with Gasteiger partial charge in [-0.15, -0.1) is 0 Å². The van der Waals surface area contributed by atoms with Crippen molar-refractivity contribution in [1.29, 1.82) is 0 Å². The van der Waals surface area contributed by atoms with Gasteiger partial charge >= 0.3 is 0 Å². The Morgan fingerprint density at radius 1 is 0.741 bits per heavy atom. The molecule has 0 bridgehead atoms. The van der Waals surface area contributed by atoms with E-state index in [1.54, 1.807) is 29.7 Å². The molecule has 1 aliphatic heterocycles. The first kappa shape index (κ1) is 15.6. The van der Waals surface area contributed by atoms with Gasteiger partial charge in [-0.1, -0.05) is 0 Å². The number of pyridine rings is 1. The van der Waals surface area contributed by atoms with Gasteiger partial charge in [0.1, 0.15) is 24.3 Å². The number of rotatable bonds is 3. The monoisotopic (exact) mass is 359 g/mol. The Morgan fingerprint density at radius 2 is 1.56 bits per heavy atom. The van der Waals surface area contributed by atoms with Crippen molar-refractivity contribution < 1.29 is 0 Å². The van der Waals surface area contributed by atoms with Gasteiger partial charge < -0.3 is 9.80 Å². The largest absolute Gasteiger partial charge is 0.353 e. The van der Waals surface area contributed by atoms with Gasteiger partial charge in [-0.3, -0.25) is 0 Å². The first-order valence-corrected chi connectivity index (χ1v) is 8.76. The van der Waals surface area contributed by atoms with Crippen LogP contribution in [0.25, 0.3) is 16.9 Å². The Hall–Kier alpha value is -3.62. The molecule has 9 heteroatoms. The zero-order valence-electron chi connectivity index (χ0n) is 14.5. The third kappa shape index (κ3) is 2.92. The van der Waals surface area contributed by atoms with Gasteiger partial charge in [-0.2, -0.15) is 5.10 Å². The Labute approximate surface area is 155 Å². The third-order valence-corrected chi connectivity index (χ3v) is 4.67. The van der Waals surface area contributed by atoms with Crippen LogP contribution in [0.5, 0.6) is 0 Å². The lowest BCUT2D eigenvalue weighted by atomic mass is 10.2. The van der Waals surface area contributed by atoms with Crippen LogP contribution in [0, 0.1) is 0 Å². The number of fused-ring (bicyclic) bond motifs is 1. The van der Waals surface area contributed by atoms with E-state index in [0.717, 1.165) is 54.7 Å². The van der Waals surface area contributed by atoms with Crippen LogP contribution in [0.3, 0.4) is 0 Å². The molecule has 5 heterocycles. The average Bonchev–Trinajstić information content (AvgIpc) is 3.29. The molecule has 4 aromatic heterocycles. The van der Waals surface area contributed by atoms with Crippen molar-refractivity contribution in [2.45, 2.75) is 0 Å². The molecule has 0 aliphatic carbocycles. The topological polar surface area (TPSA) is 88.8 Å². The fourth-order valence-corrected chi connectivity index (χ4v) is 3.32. The molecule has 0 saturated carbocycles. The van der Waals surface area contributed by atoms with Gasteiger partial charge in [-0.25, -0.2) is 29.6 Å². The zero-order chi connectivity index (χ0) is 18.1. The second-order valence-corrected chi connectivity index (χ2v) is 6.23. The molecule has 1 fully saturated rings. The molecule has 0 amide bonds. The van der Waals surface area contributed by atoms with E-state index in [-0.39, 0.29) is 0 Å². The minimum absolute atomic E-state index is 0.726. The molecule has 1 aliphatic rings. The molecule has 0 radical (unpaired) electrons. The number of anilines is 2. The molecule has 27 heavy (non-hydrogen) atoms. The van der Waals surface area contributed by atoms with Crippen molar-refractivity contribution in [3.05, 3.63) is 55.5 Å². The van der Waals surface area contributed by atoms with Crippen molar-refractivity contribution >= 4 is 22.7 Å². The fraction of sp³-hybridized carbons (Fsp3) is 0.222. The SMILES string of the molecule is c1cnc2ncnc(N3CCN(c4cc(-n5cccn5)ncn4)CC3)c2c1. The summed E-state index contributed by atoms with van der Waals surface area (Å²) >= 11 is 0. The van der Waals surface area contributed by atoms with Crippen LogP contribution in [0.4, 0.5) is 11.6 Å². The van der Waals surface area contributed by atoms with E-state index in [0.29, 0.717) is 0 Å². The molecule has 0 atom stereocenters. The number of hydrogen-bond acceptors (Lipinski definition) is 8. The van der Waals surface area contributed by atoms with E-state index in [1.807, 2.05) is 30.5 Å². The van der Waals surface area contributed by atoms with E-state index >= 15 is 0 Å². The minimum atomic E-state index is 0.726. The number of hydrogen-bond donors (Lipinski definition) is 0. The highest BCUT2D eigenvalue weighted by molar-refractivity contribution is 5.86. The molecule has 4 aromatic rings. The van der Waals surface area contributed by atoms with Gasteiger partial charge in [0.25, 0.3) is 0 Å². The van der Waals surface area contributed by atoms with Crippen LogP contribution in [-0.4, -0.2) is 60.9 Å². The lowest BCUT2D eigenvalue weighted by Gasteiger charge is -2.36. The molecule has 5 rings (SSSR count). The first-order valence-electron chi connectivity index (χ1n) is 8.76. The summed E-state index contributed by atoms with van der Waals surface area (Å²) in [5.74, 6) is 2.61. The summed E-state index contributed by atoms with van der Waals surface area (Å²) in [4.78, 5) is 26.3. The Balaban J connectivity index is 1.35. The molecule has 0 unspecified atom stereocenters. The lowest BCUT2D eigenvalue weighted by molar-refractivity contribution is 0.641. The Morgan fingerprint density at radius 3 is 2.41 bits per heavy atom. The molecule has 9 nitrogen and oxygen atoms in total. The van der Waals surface area contributed by atoms with Gasteiger partial charge in [0, 0.05) is 50.8 Å². The van der Waals surface area contributed by atoms with Crippen LogP contribution in [-0.2, 0) is 0 Å². The molecular formula is C18H17N9. The number of piperazine rings is 1. The van der Waals surface area contributed by atoms with Crippen molar-refractivity contribution in [1.82, 2.24) is 34.7 Å². The molecule has 1 saturated heterocycles. The maximum Gasteiger partial charge on any atom is 0.164 e. The summed E-state index contributed by atoms with van der Waals surface area (Å²) in [5, 5.41) is 5.22. The zero-order valence-corrected chi connectivity index (χ0v) is 14.5. The van der Waals surface area contributed by atoms with E-state index < -0.39 is 0 Å². The van der Waals surface area contributed by atoms with Crippen LogP contribution < -0.4 is 9.80 Å². The predicted octanol–water partition coefficient (Wildman–Crippen LogP) is 1.33. The van der Waals surface area contributed by atoms with E-state index in [1.165, 1.54) is 0 Å². The standard InChI is InChI=1S/C18H17N9/c1-3-14-17(19-4-1)22-13-23-18(14)26-9-7-25(8-10-26)15-11-16(21-12-20-15)27-6-2-5-24-27/h1-6,11-13H,7-10H2. The number of nitrogens with zero attached hydrogens (tertiary/aromatic N) is 9. The molecular weight excluding hydrogens is 342 g/mol. The molecule has 0 aromatic carbocycles. The third-order valence-electron chi connectivity index (χ3n) is 4.67. The number of aromatic nitrogens is 7. The van der Waals surface area contributed by atoms with Crippen LogP contribution >= 0.6 is 0 Å². The van der Waals surface area contributed by atoms with Crippen molar-refractivity contribution in [3.8, 4) is 5.82 Å². The lowest BCUT2D eigenvalue weighted by Crippen LogP contribution is -2.47. The first-order chi connectivity index (χ1) is 13.4. The summed E-state index contributed by atoms with van der Waals surface area (Å²) in [5.41, 5.74) is 0.726. The maximum absolute atomic E-state index is 4.50. The normalized spacial score (nSPS) is 14.7. The van der Waals surface area contributed by atoms with Crippen molar-refractivity contribution in [2.75, 3.05) is 36.0 Å². The Kier molecular flexibility index (Phi) is 3.82. The summed E-state index contributed by atoms with van der Waals surface area (Å²) in [6.07, 6.45) is 8.53. The second-order valence-electron chi connectivity index (χ2n) is 6.23. The summed E-state index contributed by atoms with van der Waals surface area (Å²) in [6, 6.07) is 7.78. The summed E-state index contributed by atoms with van der Waals surface area (Å²) < 4.78 is 1.74. The molecule has 0 spiro atoms. The highest BCUT2D eigenvalue weighted by atomic mass is 15.3. The van der Waals surface area contributed by atoms with Crippen LogP contribution in [0.2, 0.25) is 0 Å². The smallest absolute Gasteiger partial charge is 0.164 e. The van der Waals surface area contributed by atoms with Gasteiger partial charge in [-0.05, 0) is 18.2 Å². The van der Waals surface area contributed by atoms with Crippen molar-refractivity contribution in [2.24, 2.45) is 0 Å². The van der Waals surface area contributed by atoms with Crippen LogP contribution in [0.1, 0.15) is 0 Å².